The molecule has 1 heterocycles. The highest BCUT2D eigenvalue weighted by Gasteiger charge is 2.14. The zero-order chi connectivity index (χ0) is 21.8. The van der Waals surface area contributed by atoms with Crippen LogP contribution < -0.4 is 10.1 Å². The quantitative estimate of drug-likeness (QED) is 0.316. The van der Waals surface area contributed by atoms with Gasteiger partial charge >= 0.3 is 0 Å². The van der Waals surface area contributed by atoms with Crippen molar-refractivity contribution in [1.29, 1.82) is 0 Å². The van der Waals surface area contributed by atoms with Crippen LogP contribution in [0.1, 0.15) is 21.5 Å². The Morgan fingerprint density at radius 1 is 0.968 bits per heavy atom. The minimum atomic E-state index is -3.70. The van der Waals surface area contributed by atoms with Gasteiger partial charge in [0.1, 0.15) is 0 Å². The molecule has 0 aliphatic carbocycles. The molecule has 3 aromatic carbocycles. The van der Waals surface area contributed by atoms with Crippen molar-refractivity contribution in [2.75, 3.05) is 4.72 Å². The minimum Gasteiger partial charge on any atom is -0.361 e. The fourth-order valence-corrected chi connectivity index (χ4v) is 4.11. The monoisotopic (exact) mass is 432 g/mol. The molecule has 0 spiro atoms. The van der Waals surface area contributed by atoms with Crippen molar-refractivity contribution in [3.8, 4) is 0 Å². The highest BCUT2D eigenvalue weighted by atomic mass is 32.2. The number of rotatable bonds is 6. The summed E-state index contributed by atoms with van der Waals surface area (Å²) in [7, 11) is -3.70. The molecule has 0 aliphatic rings. The lowest BCUT2D eigenvalue weighted by Crippen LogP contribution is -2.18. The molecule has 0 fully saturated rings. The Kier molecular flexibility index (Phi) is 5.55. The van der Waals surface area contributed by atoms with Gasteiger partial charge in [-0.3, -0.25) is 9.52 Å². The summed E-state index contributed by atoms with van der Waals surface area (Å²) in [4.78, 5) is 15.6. The maximum Gasteiger partial charge on any atom is 0.271 e. The van der Waals surface area contributed by atoms with Crippen molar-refractivity contribution >= 4 is 38.7 Å². The number of aromatic nitrogens is 1. The summed E-state index contributed by atoms with van der Waals surface area (Å²) < 4.78 is 27.4. The number of aromatic amines is 1. The largest absolute Gasteiger partial charge is 0.361 e. The summed E-state index contributed by atoms with van der Waals surface area (Å²) >= 11 is 0. The molecule has 3 N–H and O–H groups in total. The molecule has 31 heavy (non-hydrogen) atoms. The molecule has 0 saturated carbocycles. The van der Waals surface area contributed by atoms with E-state index in [1.54, 1.807) is 30.5 Å². The van der Waals surface area contributed by atoms with E-state index < -0.39 is 15.9 Å². The Bertz CT molecular complexity index is 1360. The maximum atomic E-state index is 12.5. The van der Waals surface area contributed by atoms with E-state index in [-0.39, 0.29) is 4.90 Å². The molecule has 0 unspecified atom stereocenters. The third kappa shape index (κ3) is 4.65. The topological polar surface area (TPSA) is 103 Å². The van der Waals surface area contributed by atoms with Gasteiger partial charge in [-0.2, -0.15) is 5.10 Å². The molecule has 1 aromatic heterocycles. The predicted octanol–water partition coefficient (Wildman–Crippen LogP) is 4.04. The fourth-order valence-electron chi connectivity index (χ4n) is 3.05. The summed E-state index contributed by atoms with van der Waals surface area (Å²) in [5.41, 5.74) is 6.01. The van der Waals surface area contributed by atoms with Crippen LogP contribution in [0.3, 0.4) is 0 Å². The number of H-pyrrole nitrogens is 1. The first-order valence-corrected chi connectivity index (χ1v) is 11.0. The smallest absolute Gasteiger partial charge is 0.271 e. The standard InChI is InChI=1S/C23H20N4O3S/c1-16-6-12-20(13-7-16)31(29,30)27-19-10-8-17(9-11-19)23(28)26-25-15-18-14-24-22-5-3-2-4-21(18)22/h2-15,24,27H,1H3,(H,26,28). The van der Waals surface area contributed by atoms with Crippen LogP contribution in [0.5, 0.6) is 0 Å². The van der Waals surface area contributed by atoms with E-state index in [9.17, 15) is 13.2 Å². The van der Waals surface area contributed by atoms with Crippen LogP contribution in [0, 0.1) is 6.92 Å². The summed E-state index contributed by atoms with van der Waals surface area (Å²) in [6.45, 7) is 1.89. The number of sulfonamides is 1. The second kappa shape index (κ2) is 8.45. The van der Waals surface area contributed by atoms with E-state index >= 15 is 0 Å². The zero-order valence-electron chi connectivity index (χ0n) is 16.7. The predicted molar refractivity (Wildman–Crippen MR) is 122 cm³/mol. The van der Waals surface area contributed by atoms with Gasteiger partial charge in [-0.1, -0.05) is 35.9 Å². The van der Waals surface area contributed by atoms with Crippen molar-refractivity contribution in [2.45, 2.75) is 11.8 Å². The lowest BCUT2D eigenvalue weighted by atomic mass is 10.2. The average Bonchev–Trinajstić information content (AvgIpc) is 3.17. The lowest BCUT2D eigenvalue weighted by Gasteiger charge is -2.09. The van der Waals surface area contributed by atoms with Crippen LogP contribution >= 0.6 is 0 Å². The van der Waals surface area contributed by atoms with Crippen LogP contribution in [0.4, 0.5) is 5.69 Å². The van der Waals surface area contributed by atoms with Gasteiger partial charge < -0.3 is 4.98 Å². The molecule has 4 rings (SSSR count). The molecule has 1 amide bonds. The van der Waals surface area contributed by atoms with Gasteiger partial charge in [-0.25, -0.2) is 13.8 Å². The maximum absolute atomic E-state index is 12.5. The van der Waals surface area contributed by atoms with Crippen molar-refractivity contribution < 1.29 is 13.2 Å². The van der Waals surface area contributed by atoms with E-state index in [0.29, 0.717) is 11.3 Å². The number of benzene rings is 3. The number of carbonyl (C=O) groups excluding carboxylic acids is 1. The number of hydrogen-bond donors (Lipinski definition) is 3. The van der Waals surface area contributed by atoms with Gasteiger partial charge in [0.15, 0.2) is 0 Å². The summed E-state index contributed by atoms with van der Waals surface area (Å²) in [5.74, 6) is -0.399. The molecule has 8 heteroatoms. The number of hydrazone groups is 1. The first-order chi connectivity index (χ1) is 14.9. The van der Waals surface area contributed by atoms with Crippen LogP contribution in [0.25, 0.3) is 10.9 Å². The van der Waals surface area contributed by atoms with Gasteiger partial charge in [-0.15, -0.1) is 0 Å². The number of aryl methyl sites for hydroxylation is 1. The molecule has 0 aliphatic heterocycles. The van der Waals surface area contributed by atoms with Gasteiger partial charge in [0, 0.05) is 33.9 Å². The highest BCUT2D eigenvalue weighted by Crippen LogP contribution is 2.18. The number of carbonyl (C=O) groups is 1. The molecule has 0 radical (unpaired) electrons. The Hall–Kier alpha value is -3.91. The Morgan fingerprint density at radius 3 is 2.42 bits per heavy atom. The third-order valence-electron chi connectivity index (χ3n) is 4.72. The van der Waals surface area contributed by atoms with Crippen LogP contribution in [0.2, 0.25) is 0 Å². The van der Waals surface area contributed by atoms with Gasteiger partial charge in [0.25, 0.3) is 15.9 Å². The van der Waals surface area contributed by atoms with E-state index in [1.807, 2.05) is 37.4 Å². The molecular weight excluding hydrogens is 412 g/mol. The van der Waals surface area contributed by atoms with Gasteiger partial charge in [0.2, 0.25) is 0 Å². The van der Waals surface area contributed by atoms with Gasteiger partial charge in [0.05, 0.1) is 11.1 Å². The third-order valence-corrected chi connectivity index (χ3v) is 6.12. The molecule has 0 atom stereocenters. The van der Waals surface area contributed by atoms with Crippen molar-refractivity contribution in [3.05, 3.63) is 95.7 Å². The van der Waals surface area contributed by atoms with Crippen LogP contribution in [-0.4, -0.2) is 25.5 Å². The van der Waals surface area contributed by atoms with E-state index in [4.69, 9.17) is 0 Å². The second-order valence-corrected chi connectivity index (χ2v) is 8.67. The SMILES string of the molecule is Cc1ccc(S(=O)(=O)Nc2ccc(C(=O)NN=Cc3c[nH]c4ccccc34)cc2)cc1. The highest BCUT2D eigenvalue weighted by molar-refractivity contribution is 7.92. The number of para-hydroxylation sites is 1. The van der Waals surface area contributed by atoms with E-state index in [0.717, 1.165) is 22.0 Å². The Morgan fingerprint density at radius 2 is 1.68 bits per heavy atom. The van der Waals surface area contributed by atoms with Crippen LogP contribution in [0.15, 0.2) is 89.0 Å². The first kappa shape index (κ1) is 20.4. The van der Waals surface area contributed by atoms with E-state index in [2.05, 4.69) is 20.2 Å². The number of nitrogens with one attached hydrogen (secondary N) is 3. The molecular formula is C23H20N4O3S. The van der Waals surface area contributed by atoms with E-state index in [1.165, 1.54) is 24.3 Å². The number of anilines is 1. The molecule has 4 aromatic rings. The molecule has 0 saturated heterocycles. The molecule has 0 bridgehead atoms. The summed E-state index contributed by atoms with van der Waals surface area (Å²) in [5, 5.41) is 5.02. The lowest BCUT2D eigenvalue weighted by molar-refractivity contribution is 0.0955. The first-order valence-electron chi connectivity index (χ1n) is 9.51. The Labute approximate surface area is 179 Å². The summed E-state index contributed by atoms with van der Waals surface area (Å²) in [6, 6.07) is 20.5. The fraction of sp³-hybridized carbons (Fsp3) is 0.0435. The molecule has 156 valence electrons. The van der Waals surface area contributed by atoms with Crippen molar-refractivity contribution in [1.82, 2.24) is 10.4 Å². The second-order valence-electron chi connectivity index (χ2n) is 6.98. The normalized spacial score (nSPS) is 11.6. The zero-order valence-corrected chi connectivity index (χ0v) is 17.5. The summed E-state index contributed by atoms with van der Waals surface area (Å²) in [6.07, 6.45) is 3.39. The number of hydrogen-bond acceptors (Lipinski definition) is 4. The van der Waals surface area contributed by atoms with Crippen molar-refractivity contribution in [3.63, 3.8) is 0 Å². The average molecular weight is 433 g/mol. The number of nitrogens with zero attached hydrogens (tertiary/aromatic N) is 1. The minimum absolute atomic E-state index is 0.173. The molecule has 7 nitrogen and oxygen atoms in total. The van der Waals surface area contributed by atoms with Crippen molar-refractivity contribution in [2.24, 2.45) is 5.10 Å². The van der Waals surface area contributed by atoms with Crippen LogP contribution in [-0.2, 0) is 10.0 Å². The Balaban J connectivity index is 1.40. The number of fused-ring (bicyclic) bond motifs is 1. The van der Waals surface area contributed by atoms with Gasteiger partial charge in [-0.05, 0) is 49.4 Å². The number of amides is 1.